The van der Waals surface area contributed by atoms with Gasteiger partial charge in [0.1, 0.15) is 0 Å². The summed E-state index contributed by atoms with van der Waals surface area (Å²) in [6.45, 7) is 6.48. The van der Waals surface area contributed by atoms with Gasteiger partial charge < -0.3 is 4.98 Å². The van der Waals surface area contributed by atoms with Crippen LogP contribution in [0.3, 0.4) is 0 Å². The molecule has 2 aromatic heterocycles. The number of aryl methyl sites for hydroxylation is 1. The molecule has 2 heterocycles. The second-order valence-corrected chi connectivity index (χ2v) is 6.35. The van der Waals surface area contributed by atoms with Crippen LogP contribution in [0.25, 0.3) is 22.2 Å². The van der Waals surface area contributed by atoms with Crippen LogP contribution in [-0.2, 0) is 6.42 Å². The normalized spacial score (nSPS) is 11.5. The topological polar surface area (TPSA) is 41.6 Å². The van der Waals surface area contributed by atoms with E-state index in [1.807, 2.05) is 18.5 Å². The molecule has 0 unspecified atom stereocenters. The molecule has 0 fully saturated rings. The minimum Gasteiger partial charge on any atom is -0.358 e. The van der Waals surface area contributed by atoms with E-state index in [1.165, 1.54) is 5.69 Å². The standard InChI is InChI=1S/C18H20ClN3/c1-4-5-13-9-21-18(10-20-13)14-8-17-12(6-15(14)19)7-16(22-17)11(2)3/h6-11,22H,4-5H2,1-3H3. The third kappa shape index (κ3) is 2.86. The zero-order valence-electron chi connectivity index (χ0n) is 13.2. The van der Waals surface area contributed by atoms with E-state index in [2.05, 4.69) is 47.9 Å². The molecule has 1 aromatic carbocycles. The zero-order chi connectivity index (χ0) is 15.7. The van der Waals surface area contributed by atoms with Crippen LogP contribution in [0.1, 0.15) is 44.5 Å². The van der Waals surface area contributed by atoms with E-state index in [4.69, 9.17) is 11.6 Å². The van der Waals surface area contributed by atoms with E-state index < -0.39 is 0 Å². The van der Waals surface area contributed by atoms with E-state index in [9.17, 15) is 0 Å². The number of halogens is 1. The summed E-state index contributed by atoms with van der Waals surface area (Å²) in [5.74, 6) is 0.461. The lowest BCUT2D eigenvalue weighted by Crippen LogP contribution is -1.93. The minimum absolute atomic E-state index is 0.461. The van der Waals surface area contributed by atoms with Crippen molar-refractivity contribution in [3.63, 3.8) is 0 Å². The Morgan fingerprint density at radius 1 is 1.14 bits per heavy atom. The third-order valence-corrected chi connectivity index (χ3v) is 4.15. The molecule has 0 amide bonds. The van der Waals surface area contributed by atoms with Gasteiger partial charge in [-0.3, -0.25) is 9.97 Å². The van der Waals surface area contributed by atoms with Crippen molar-refractivity contribution in [1.29, 1.82) is 0 Å². The van der Waals surface area contributed by atoms with Gasteiger partial charge in [-0.2, -0.15) is 0 Å². The number of benzene rings is 1. The highest BCUT2D eigenvalue weighted by molar-refractivity contribution is 6.34. The van der Waals surface area contributed by atoms with Gasteiger partial charge in [0, 0.05) is 28.4 Å². The first-order chi connectivity index (χ1) is 10.6. The molecule has 0 saturated heterocycles. The summed E-state index contributed by atoms with van der Waals surface area (Å²) in [5, 5.41) is 1.84. The Kier molecular flexibility index (Phi) is 4.16. The number of aromatic nitrogens is 3. The molecule has 0 aliphatic rings. The van der Waals surface area contributed by atoms with E-state index >= 15 is 0 Å². The highest BCUT2D eigenvalue weighted by atomic mass is 35.5. The van der Waals surface area contributed by atoms with Crippen LogP contribution in [0, 0.1) is 0 Å². The molecule has 4 heteroatoms. The van der Waals surface area contributed by atoms with Crippen molar-refractivity contribution < 1.29 is 0 Å². The van der Waals surface area contributed by atoms with Gasteiger partial charge in [0.15, 0.2) is 0 Å². The third-order valence-electron chi connectivity index (χ3n) is 3.84. The molecular formula is C18H20ClN3. The van der Waals surface area contributed by atoms with Crippen molar-refractivity contribution in [2.24, 2.45) is 0 Å². The summed E-state index contributed by atoms with van der Waals surface area (Å²) in [6, 6.07) is 6.22. The van der Waals surface area contributed by atoms with Crippen molar-refractivity contribution in [3.05, 3.63) is 47.0 Å². The highest BCUT2D eigenvalue weighted by Gasteiger charge is 2.11. The number of hydrogen-bond donors (Lipinski definition) is 1. The molecule has 1 N–H and O–H groups in total. The number of aromatic amines is 1. The number of rotatable bonds is 4. The quantitative estimate of drug-likeness (QED) is 0.705. The molecule has 0 aliphatic heterocycles. The second kappa shape index (κ2) is 6.09. The molecule has 0 atom stereocenters. The molecular weight excluding hydrogens is 294 g/mol. The van der Waals surface area contributed by atoms with Crippen LogP contribution >= 0.6 is 11.6 Å². The molecule has 0 bridgehead atoms. The van der Waals surface area contributed by atoms with Crippen LogP contribution in [0.15, 0.2) is 30.6 Å². The predicted octanol–water partition coefficient (Wildman–Crippen LogP) is 5.35. The van der Waals surface area contributed by atoms with E-state index in [-0.39, 0.29) is 0 Å². The first kappa shape index (κ1) is 15.0. The van der Waals surface area contributed by atoms with Gasteiger partial charge in [0.25, 0.3) is 0 Å². The van der Waals surface area contributed by atoms with Crippen molar-refractivity contribution in [3.8, 4) is 11.3 Å². The molecule has 0 spiro atoms. The first-order valence-electron chi connectivity index (χ1n) is 7.72. The van der Waals surface area contributed by atoms with Gasteiger partial charge in [-0.25, -0.2) is 0 Å². The monoisotopic (exact) mass is 313 g/mol. The fourth-order valence-electron chi connectivity index (χ4n) is 2.56. The molecule has 3 nitrogen and oxygen atoms in total. The Labute approximate surface area is 135 Å². The number of hydrogen-bond acceptors (Lipinski definition) is 2. The van der Waals surface area contributed by atoms with Crippen molar-refractivity contribution >= 4 is 22.5 Å². The molecule has 22 heavy (non-hydrogen) atoms. The lowest BCUT2D eigenvalue weighted by Gasteiger charge is -2.05. The molecule has 0 aliphatic carbocycles. The fourth-order valence-corrected chi connectivity index (χ4v) is 2.83. The Morgan fingerprint density at radius 2 is 1.95 bits per heavy atom. The molecule has 3 rings (SSSR count). The summed E-state index contributed by atoms with van der Waals surface area (Å²) >= 11 is 6.45. The lowest BCUT2D eigenvalue weighted by atomic mass is 10.1. The number of nitrogens with zero attached hydrogens (tertiary/aromatic N) is 2. The van der Waals surface area contributed by atoms with E-state index in [0.717, 1.165) is 40.7 Å². The van der Waals surface area contributed by atoms with Crippen LogP contribution in [0.5, 0.6) is 0 Å². The fraction of sp³-hybridized carbons (Fsp3) is 0.333. The maximum Gasteiger partial charge on any atom is 0.0901 e. The van der Waals surface area contributed by atoms with Crippen LogP contribution in [0.4, 0.5) is 0 Å². The molecule has 0 radical (unpaired) electrons. The smallest absolute Gasteiger partial charge is 0.0901 e. The molecule has 3 aromatic rings. The second-order valence-electron chi connectivity index (χ2n) is 5.94. The van der Waals surface area contributed by atoms with Crippen LogP contribution in [-0.4, -0.2) is 15.0 Å². The van der Waals surface area contributed by atoms with Crippen LogP contribution < -0.4 is 0 Å². The van der Waals surface area contributed by atoms with Gasteiger partial charge in [0.2, 0.25) is 0 Å². The zero-order valence-corrected chi connectivity index (χ0v) is 13.9. The molecule has 0 saturated carbocycles. The lowest BCUT2D eigenvalue weighted by molar-refractivity contribution is 0.836. The van der Waals surface area contributed by atoms with E-state index in [1.54, 1.807) is 0 Å². The van der Waals surface area contributed by atoms with Gasteiger partial charge in [-0.15, -0.1) is 0 Å². The maximum atomic E-state index is 6.45. The minimum atomic E-state index is 0.461. The largest absolute Gasteiger partial charge is 0.358 e. The van der Waals surface area contributed by atoms with Crippen molar-refractivity contribution in [1.82, 2.24) is 15.0 Å². The van der Waals surface area contributed by atoms with Crippen LogP contribution in [0.2, 0.25) is 5.02 Å². The van der Waals surface area contributed by atoms with Gasteiger partial charge in [-0.05, 0) is 30.5 Å². The summed E-state index contributed by atoms with van der Waals surface area (Å²) in [7, 11) is 0. The number of fused-ring (bicyclic) bond motifs is 1. The van der Waals surface area contributed by atoms with Crippen molar-refractivity contribution in [2.75, 3.05) is 0 Å². The average Bonchev–Trinajstić information content (AvgIpc) is 2.91. The Balaban J connectivity index is 2.04. The van der Waals surface area contributed by atoms with Crippen molar-refractivity contribution in [2.45, 2.75) is 39.5 Å². The molecule has 114 valence electrons. The Morgan fingerprint density at radius 3 is 2.59 bits per heavy atom. The number of nitrogens with one attached hydrogen (secondary N) is 1. The first-order valence-corrected chi connectivity index (χ1v) is 8.09. The maximum absolute atomic E-state index is 6.45. The van der Waals surface area contributed by atoms with Gasteiger partial charge in [-0.1, -0.05) is 38.8 Å². The average molecular weight is 314 g/mol. The Bertz CT molecular complexity index is 788. The predicted molar refractivity (Wildman–Crippen MR) is 92.4 cm³/mol. The number of H-pyrrole nitrogens is 1. The highest BCUT2D eigenvalue weighted by Crippen LogP contribution is 2.32. The summed E-state index contributed by atoms with van der Waals surface area (Å²) in [5.41, 5.74) is 5.05. The summed E-state index contributed by atoms with van der Waals surface area (Å²) < 4.78 is 0. The SMILES string of the molecule is CCCc1cnc(-c2cc3[nH]c(C(C)C)cc3cc2Cl)cn1. The Hall–Kier alpha value is -1.87. The van der Waals surface area contributed by atoms with Gasteiger partial charge >= 0.3 is 0 Å². The van der Waals surface area contributed by atoms with Gasteiger partial charge in [0.05, 0.1) is 22.6 Å². The summed E-state index contributed by atoms with van der Waals surface area (Å²) in [4.78, 5) is 12.4. The summed E-state index contributed by atoms with van der Waals surface area (Å²) in [6.07, 6.45) is 5.67. The van der Waals surface area contributed by atoms with E-state index in [0.29, 0.717) is 10.9 Å².